The van der Waals surface area contributed by atoms with Crippen LogP contribution in [-0.4, -0.2) is 23.7 Å². The van der Waals surface area contributed by atoms with Gasteiger partial charge >= 0.3 is 6.09 Å². The Bertz CT molecular complexity index is 626. The third-order valence-electron chi connectivity index (χ3n) is 3.92. The Hall–Kier alpha value is -1.56. The molecule has 22 heavy (non-hydrogen) atoms. The molecule has 0 atom stereocenters. The summed E-state index contributed by atoms with van der Waals surface area (Å²) < 4.78 is 6.46. The highest BCUT2D eigenvalue weighted by Gasteiger charge is 2.28. The van der Waals surface area contributed by atoms with Gasteiger partial charge in [0.15, 0.2) is 0 Å². The van der Waals surface area contributed by atoms with Crippen molar-refractivity contribution in [3.63, 3.8) is 0 Å². The number of nitrogens with one attached hydrogen (secondary N) is 1. The van der Waals surface area contributed by atoms with Crippen LogP contribution in [0.1, 0.15) is 23.5 Å². The van der Waals surface area contributed by atoms with E-state index in [1.165, 1.54) is 22.3 Å². The molecular weight excluding hydrogens is 389 g/mol. The van der Waals surface area contributed by atoms with Crippen molar-refractivity contribution in [2.75, 3.05) is 17.6 Å². The summed E-state index contributed by atoms with van der Waals surface area (Å²) in [4.78, 5) is 11.8. The fourth-order valence-electron chi connectivity index (χ4n) is 2.91. The van der Waals surface area contributed by atoms with E-state index in [0.29, 0.717) is 13.2 Å². The monoisotopic (exact) mass is 407 g/mol. The molecule has 0 unspecified atom stereocenters. The second-order valence-electron chi connectivity index (χ2n) is 5.29. The summed E-state index contributed by atoms with van der Waals surface area (Å²) in [5, 5.41) is 2.79. The summed E-state index contributed by atoms with van der Waals surface area (Å²) >= 11 is 2.29. The van der Waals surface area contributed by atoms with Gasteiger partial charge in [0.25, 0.3) is 0 Å². The number of alkyl carbamates (subject to hydrolysis) is 1. The smallest absolute Gasteiger partial charge is 0.407 e. The standard InChI is InChI=1S/C18H18INO2/c19-10-5-11-20-18(21)22-12-17-15-8-3-1-6-13(15)14-7-2-4-9-16(14)17/h1-4,6-9,17H,5,10-12H2,(H,20,21). The van der Waals surface area contributed by atoms with Gasteiger partial charge in [-0.05, 0) is 28.7 Å². The topological polar surface area (TPSA) is 38.3 Å². The molecule has 0 fully saturated rings. The molecule has 0 bridgehead atoms. The van der Waals surface area contributed by atoms with Crippen molar-refractivity contribution in [3.05, 3.63) is 59.7 Å². The first kappa shape index (κ1) is 15.3. The number of ether oxygens (including phenoxy) is 1. The van der Waals surface area contributed by atoms with Crippen molar-refractivity contribution in [1.29, 1.82) is 0 Å². The molecule has 114 valence electrons. The number of hydrogen-bond acceptors (Lipinski definition) is 2. The number of halogens is 1. The van der Waals surface area contributed by atoms with Gasteiger partial charge in [0.1, 0.15) is 6.61 Å². The Morgan fingerprint density at radius 3 is 2.23 bits per heavy atom. The van der Waals surface area contributed by atoms with E-state index in [4.69, 9.17) is 4.74 Å². The van der Waals surface area contributed by atoms with Crippen molar-refractivity contribution in [1.82, 2.24) is 5.32 Å². The van der Waals surface area contributed by atoms with Crippen LogP contribution in [0.5, 0.6) is 0 Å². The summed E-state index contributed by atoms with van der Waals surface area (Å²) in [5.41, 5.74) is 4.97. The van der Waals surface area contributed by atoms with E-state index in [9.17, 15) is 4.79 Å². The third kappa shape index (κ3) is 3.11. The SMILES string of the molecule is O=C(NCCCI)OCC1c2ccccc2-c2ccccc21. The van der Waals surface area contributed by atoms with Gasteiger partial charge < -0.3 is 10.1 Å². The number of carbonyl (C=O) groups excluding carboxylic acids is 1. The molecule has 3 rings (SSSR count). The van der Waals surface area contributed by atoms with Crippen molar-refractivity contribution >= 4 is 28.7 Å². The maximum atomic E-state index is 11.8. The lowest BCUT2D eigenvalue weighted by Gasteiger charge is -2.14. The molecule has 3 nitrogen and oxygen atoms in total. The number of alkyl halides is 1. The molecule has 1 amide bonds. The molecule has 0 radical (unpaired) electrons. The molecule has 2 aromatic rings. The Kier molecular flexibility index (Phi) is 4.97. The zero-order valence-electron chi connectivity index (χ0n) is 12.2. The molecule has 1 aliphatic carbocycles. The molecule has 0 aliphatic heterocycles. The lowest BCUT2D eigenvalue weighted by Crippen LogP contribution is -2.27. The van der Waals surface area contributed by atoms with E-state index in [0.717, 1.165) is 10.8 Å². The van der Waals surface area contributed by atoms with Gasteiger partial charge in [-0.2, -0.15) is 0 Å². The van der Waals surface area contributed by atoms with E-state index in [1.54, 1.807) is 0 Å². The number of benzene rings is 2. The average Bonchev–Trinajstić information content (AvgIpc) is 2.87. The number of fused-ring (bicyclic) bond motifs is 3. The average molecular weight is 407 g/mol. The Morgan fingerprint density at radius 1 is 1.05 bits per heavy atom. The lowest BCUT2D eigenvalue weighted by atomic mass is 9.98. The van der Waals surface area contributed by atoms with E-state index in [2.05, 4.69) is 64.3 Å². The Morgan fingerprint density at radius 2 is 1.64 bits per heavy atom. The predicted octanol–water partition coefficient (Wildman–Crippen LogP) is 4.35. The number of hydrogen-bond donors (Lipinski definition) is 1. The van der Waals surface area contributed by atoms with Crippen LogP contribution in [0.2, 0.25) is 0 Å². The maximum absolute atomic E-state index is 11.8. The van der Waals surface area contributed by atoms with Crippen LogP contribution in [0.15, 0.2) is 48.5 Å². The van der Waals surface area contributed by atoms with Gasteiger partial charge in [0.2, 0.25) is 0 Å². The summed E-state index contributed by atoms with van der Waals surface area (Å²) in [6, 6.07) is 16.7. The number of amides is 1. The van der Waals surface area contributed by atoms with E-state index in [-0.39, 0.29) is 12.0 Å². The predicted molar refractivity (Wildman–Crippen MR) is 96.6 cm³/mol. The largest absolute Gasteiger partial charge is 0.449 e. The minimum Gasteiger partial charge on any atom is -0.449 e. The number of rotatable bonds is 5. The third-order valence-corrected chi connectivity index (χ3v) is 4.69. The summed E-state index contributed by atoms with van der Waals surface area (Å²) in [6.45, 7) is 1.05. The number of carbonyl (C=O) groups is 1. The molecule has 0 aromatic heterocycles. The molecule has 0 heterocycles. The summed E-state index contributed by atoms with van der Waals surface area (Å²) in [7, 11) is 0. The summed E-state index contributed by atoms with van der Waals surface area (Å²) in [6.07, 6.45) is 0.636. The van der Waals surface area contributed by atoms with Crippen LogP contribution in [0.3, 0.4) is 0 Å². The first-order chi connectivity index (χ1) is 10.8. The van der Waals surface area contributed by atoms with Gasteiger partial charge in [-0.15, -0.1) is 0 Å². The Labute approximate surface area is 144 Å². The van der Waals surface area contributed by atoms with Gasteiger partial charge in [-0.1, -0.05) is 71.1 Å². The van der Waals surface area contributed by atoms with Crippen LogP contribution in [-0.2, 0) is 4.74 Å². The van der Waals surface area contributed by atoms with Crippen LogP contribution < -0.4 is 5.32 Å². The first-order valence-electron chi connectivity index (χ1n) is 7.46. The molecule has 4 heteroatoms. The van der Waals surface area contributed by atoms with E-state index < -0.39 is 0 Å². The highest BCUT2D eigenvalue weighted by atomic mass is 127. The first-order valence-corrected chi connectivity index (χ1v) is 8.98. The van der Waals surface area contributed by atoms with Gasteiger partial charge in [0.05, 0.1) is 0 Å². The lowest BCUT2D eigenvalue weighted by molar-refractivity contribution is 0.143. The van der Waals surface area contributed by atoms with Crippen molar-refractivity contribution in [3.8, 4) is 11.1 Å². The zero-order valence-corrected chi connectivity index (χ0v) is 14.4. The van der Waals surface area contributed by atoms with E-state index in [1.807, 2.05) is 12.1 Å². The fraction of sp³-hybridized carbons (Fsp3) is 0.278. The normalized spacial score (nSPS) is 12.6. The minimum atomic E-state index is -0.327. The van der Waals surface area contributed by atoms with Crippen molar-refractivity contribution in [2.45, 2.75) is 12.3 Å². The Balaban J connectivity index is 1.73. The van der Waals surface area contributed by atoms with Crippen LogP contribution in [0.4, 0.5) is 4.79 Å². The fourth-order valence-corrected chi connectivity index (χ4v) is 3.29. The molecule has 0 saturated heterocycles. The van der Waals surface area contributed by atoms with E-state index >= 15 is 0 Å². The quantitative estimate of drug-likeness (QED) is 0.455. The minimum absolute atomic E-state index is 0.128. The van der Waals surface area contributed by atoms with Crippen molar-refractivity contribution < 1.29 is 9.53 Å². The van der Waals surface area contributed by atoms with Gasteiger partial charge in [-0.3, -0.25) is 0 Å². The van der Waals surface area contributed by atoms with Gasteiger partial charge in [0, 0.05) is 16.9 Å². The maximum Gasteiger partial charge on any atom is 0.407 e. The van der Waals surface area contributed by atoms with Gasteiger partial charge in [-0.25, -0.2) is 4.79 Å². The molecule has 0 saturated carbocycles. The zero-order chi connectivity index (χ0) is 15.4. The molecule has 2 aromatic carbocycles. The molecular formula is C18H18INO2. The van der Waals surface area contributed by atoms with Crippen molar-refractivity contribution in [2.24, 2.45) is 0 Å². The molecule has 1 N–H and O–H groups in total. The molecule has 1 aliphatic rings. The highest BCUT2D eigenvalue weighted by Crippen LogP contribution is 2.44. The van der Waals surface area contributed by atoms with Crippen LogP contribution in [0.25, 0.3) is 11.1 Å². The second-order valence-corrected chi connectivity index (χ2v) is 6.37. The molecule has 0 spiro atoms. The summed E-state index contributed by atoms with van der Waals surface area (Å²) in [5.74, 6) is 0.128. The second kappa shape index (κ2) is 7.13. The van der Waals surface area contributed by atoms with Crippen LogP contribution in [0, 0.1) is 0 Å². The van der Waals surface area contributed by atoms with Crippen LogP contribution >= 0.6 is 22.6 Å². The highest BCUT2D eigenvalue weighted by molar-refractivity contribution is 14.1.